The van der Waals surface area contributed by atoms with Gasteiger partial charge >= 0.3 is 0 Å². The van der Waals surface area contributed by atoms with E-state index in [9.17, 15) is 0 Å². The number of hydrogen-bond acceptors (Lipinski definition) is 2. The van der Waals surface area contributed by atoms with Crippen LogP contribution >= 0.6 is 0 Å². The molecule has 2 nitrogen and oxygen atoms in total. The minimum Gasteiger partial charge on any atom is -0.291 e. The molecule has 0 heterocycles. The molecular formula is C13H16N2. The standard InChI is InChI=1S/C13H16N2/c1-15(2)13(9-14)12-7-5-11(6-8-12)10-3-4-10/h5-8,10,13H,3-4H2,1-2H3. The van der Waals surface area contributed by atoms with Crippen molar-refractivity contribution in [3.05, 3.63) is 35.4 Å². The van der Waals surface area contributed by atoms with E-state index in [-0.39, 0.29) is 6.04 Å². The van der Waals surface area contributed by atoms with E-state index in [1.165, 1.54) is 18.4 Å². The molecule has 0 aliphatic heterocycles. The first-order chi connectivity index (χ1) is 7.22. The Bertz CT molecular complexity index is 369. The molecule has 78 valence electrons. The molecule has 2 heteroatoms. The van der Waals surface area contributed by atoms with Gasteiger partial charge in [0.1, 0.15) is 6.04 Å². The summed E-state index contributed by atoms with van der Waals surface area (Å²) in [5, 5.41) is 9.05. The Labute approximate surface area is 91.1 Å². The normalized spacial score (nSPS) is 17.5. The molecule has 1 unspecified atom stereocenters. The van der Waals surface area contributed by atoms with Crippen molar-refractivity contribution < 1.29 is 0 Å². The van der Waals surface area contributed by atoms with Gasteiger partial charge in [0.15, 0.2) is 0 Å². The smallest absolute Gasteiger partial charge is 0.123 e. The highest BCUT2D eigenvalue weighted by atomic mass is 15.1. The van der Waals surface area contributed by atoms with Crippen LogP contribution in [0.2, 0.25) is 0 Å². The lowest BCUT2D eigenvalue weighted by Crippen LogP contribution is -2.18. The van der Waals surface area contributed by atoms with Crippen LogP contribution in [0.3, 0.4) is 0 Å². The Morgan fingerprint density at radius 3 is 2.27 bits per heavy atom. The molecule has 1 saturated carbocycles. The largest absolute Gasteiger partial charge is 0.291 e. The van der Waals surface area contributed by atoms with Gasteiger partial charge in [0.2, 0.25) is 0 Å². The van der Waals surface area contributed by atoms with Crippen LogP contribution in [0, 0.1) is 11.3 Å². The summed E-state index contributed by atoms with van der Waals surface area (Å²) < 4.78 is 0. The summed E-state index contributed by atoms with van der Waals surface area (Å²) in [6.45, 7) is 0. The number of hydrogen-bond donors (Lipinski definition) is 0. The van der Waals surface area contributed by atoms with E-state index >= 15 is 0 Å². The van der Waals surface area contributed by atoms with Gasteiger partial charge in [-0.1, -0.05) is 24.3 Å². The molecule has 1 fully saturated rings. The Hall–Kier alpha value is -1.33. The monoisotopic (exact) mass is 200 g/mol. The van der Waals surface area contributed by atoms with Crippen LogP contribution < -0.4 is 0 Å². The first kappa shape index (κ1) is 10.2. The number of benzene rings is 1. The van der Waals surface area contributed by atoms with Crippen molar-refractivity contribution in [2.75, 3.05) is 14.1 Å². The van der Waals surface area contributed by atoms with Crippen LogP contribution in [0.5, 0.6) is 0 Å². The van der Waals surface area contributed by atoms with E-state index in [1.54, 1.807) is 0 Å². The van der Waals surface area contributed by atoms with Gasteiger partial charge < -0.3 is 0 Å². The summed E-state index contributed by atoms with van der Waals surface area (Å²) in [5.41, 5.74) is 2.51. The molecule has 0 amide bonds. The third-order valence-electron chi connectivity index (χ3n) is 2.94. The van der Waals surface area contributed by atoms with Crippen molar-refractivity contribution in [3.8, 4) is 6.07 Å². The number of rotatable bonds is 3. The molecular weight excluding hydrogens is 184 g/mol. The maximum absolute atomic E-state index is 9.05. The van der Waals surface area contributed by atoms with Crippen molar-refractivity contribution >= 4 is 0 Å². The van der Waals surface area contributed by atoms with Crippen molar-refractivity contribution in [1.29, 1.82) is 5.26 Å². The van der Waals surface area contributed by atoms with Gasteiger partial charge in [-0.2, -0.15) is 5.26 Å². The Kier molecular flexibility index (Phi) is 2.75. The highest BCUT2D eigenvalue weighted by molar-refractivity contribution is 5.31. The van der Waals surface area contributed by atoms with Gasteiger partial charge in [-0.05, 0) is 44.0 Å². The predicted molar refractivity (Wildman–Crippen MR) is 60.5 cm³/mol. The zero-order chi connectivity index (χ0) is 10.8. The lowest BCUT2D eigenvalue weighted by atomic mass is 10.0. The molecule has 0 aromatic heterocycles. The highest BCUT2D eigenvalue weighted by Crippen LogP contribution is 2.40. The molecule has 0 radical (unpaired) electrons. The average molecular weight is 200 g/mol. The molecule has 0 N–H and O–H groups in total. The summed E-state index contributed by atoms with van der Waals surface area (Å²) in [4.78, 5) is 1.94. The number of nitriles is 1. The molecule has 0 saturated heterocycles. The fraction of sp³-hybridized carbons (Fsp3) is 0.462. The van der Waals surface area contributed by atoms with Gasteiger partial charge in [-0.15, -0.1) is 0 Å². The quantitative estimate of drug-likeness (QED) is 0.750. The van der Waals surface area contributed by atoms with E-state index in [2.05, 4.69) is 30.3 Å². The van der Waals surface area contributed by atoms with Gasteiger partial charge in [-0.3, -0.25) is 4.90 Å². The topological polar surface area (TPSA) is 27.0 Å². The van der Waals surface area contributed by atoms with E-state index in [0.717, 1.165) is 11.5 Å². The van der Waals surface area contributed by atoms with E-state index in [1.807, 2.05) is 19.0 Å². The minimum atomic E-state index is -0.127. The first-order valence-corrected chi connectivity index (χ1v) is 5.38. The third kappa shape index (κ3) is 2.19. The summed E-state index contributed by atoms with van der Waals surface area (Å²) in [7, 11) is 3.87. The van der Waals surface area contributed by atoms with Gasteiger partial charge in [-0.25, -0.2) is 0 Å². The van der Waals surface area contributed by atoms with Crippen molar-refractivity contribution in [2.24, 2.45) is 0 Å². The van der Waals surface area contributed by atoms with Gasteiger partial charge in [0.05, 0.1) is 6.07 Å². The molecule has 0 spiro atoms. The molecule has 1 aromatic rings. The molecule has 0 bridgehead atoms. The minimum absolute atomic E-state index is 0.127. The summed E-state index contributed by atoms with van der Waals surface area (Å²) in [5.74, 6) is 0.791. The fourth-order valence-electron chi connectivity index (χ4n) is 1.86. The zero-order valence-electron chi connectivity index (χ0n) is 9.27. The Morgan fingerprint density at radius 1 is 1.27 bits per heavy atom. The summed E-state index contributed by atoms with van der Waals surface area (Å²) in [6.07, 6.45) is 2.66. The first-order valence-electron chi connectivity index (χ1n) is 5.38. The van der Waals surface area contributed by atoms with Crippen LogP contribution in [0.4, 0.5) is 0 Å². The highest BCUT2D eigenvalue weighted by Gasteiger charge is 2.23. The van der Waals surface area contributed by atoms with E-state index in [0.29, 0.717) is 0 Å². The molecule has 1 aliphatic rings. The molecule has 15 heavy (non-hydrogen) atoms. The van der Waals surface area contributed by atoms with Gasteiger partial charge in [0, 0.05) is 0 Å². The van der Waals surface area contributed by atoms with E-state index in [4.69, 9.17) is 5.26 Å². The zero-order valence-corrected chi connectivity index (χ0v) is 9.27. The van der Waals surface area contributed by atoms with Crippen LogP contribution in [-0.2, 0) is 0 Å². The maximum atomic E-state index is 9.05. The Balaban J connectivity index is 2.18. The second-order valence-corrected chi connectivity index (χ2v) is 4.44. The third-order valence-corrected chi connectivity index (χ3v) is 2.94. The second-order valence-electron chi connectivity index (χ2n) is 4.44. The van der Waals surface area contributed by atoms with Crippen LogP contribution in [0.15, 0.2) is 24.3 Å². The molecule has 2 rings (SSSR count). The molecule has 1 atom stereocenters. The van der Waals surface area contributed by atoms with Crippen LogP contribution in [-0.4, -0.2) is 19.0 Å². The molecule has 1 aliphatic carbocycles. The predicted octanol–water partition coefficient (Wildman–Crippen LogP) is 2.69. The average Bonchev–Trinajstić information content (AvgIpc) is 3.03. The van der Waals surface area contributed by atoms with Crippen LogP contribution in [0.25, 0.3) is 0 Å². The SMILES string of the molecule is CN(C)C(C#N)c1ccc(C2CC2)cc1. The Morgan fingerprint density at radius 2 is 1.87 bits per heavy atom. The maximum Gasteiger partial charge on any atom is 0.123 e. The summed E-state index contributed by atoms with van der Waals surface area (Å²) >= 11 is 0. The van der Waals surface area contributed by atoms with Crippen LogP contribution in [0.1, 0.15) is 35.9 Å². The van der Waals surface area contributed by atoms with Crippen molar-refractivity contribution in [1.82, 2.24) is 4.90 Å². The lowest BCUT2D eigenvalue weighted by Gasteiger charge is -2.17. The van der Waals surface area contributed by atoms with Gasteiger partial charge in [0.25, 0.3) is 0 Å². The van der Waals surface area contributed by atoms with Crippen molar-refractivity contribution in [2.45, 2.75) is 24.8 Å². The number of nitrogens with zero attached hydrogens (tertiary/aromatic N) is 2. The lowest BCUT2D eigenvalue weighted by molar-refractivity contribution is 0.358. The summed E-state index contributed by atoms with van der Waals surface area (Å²) in [6, 6.07) is 10.7. The fourth-order valence-corrected chi connectivity index (χ4v) is 1.86. The van der Waals surface area contributed by atoms with Crippen molar-refractivity contribution in [3.63, 3.8) is 0 Å². The van der Waals surface area contributed by atoms with E-state index < -0.39 is 0 Å². The molecule has 1 aromatic carbocycles. The second kappa shape index (κ2) is 4.04.